The summed E-state index contributed by atoms with van der Waals surface area (Å²) in [5.41, 5.74) is 5.85. The van der Waals surface area contributed by atoms with Crippen LogP contribution in [0.15, 0.2) is 70.2 Å². The maximum absolute atomic E-state index is 12.8. The lowest BCUT2D eigenvalue weighted by Crippen LogP contribution is -2.48. The third kappa shape index (κ3) is 8.33. The molecule has 0 fully saturated rings. The van der Waals surface area contributed by atoms with Gasteiger partial charge in [0.15, 0.2) is 11.5 Å². The normalized spacial score (nSPS) is 11.9. The summed E-state index contributed by atoms with van der Waals surface area (Å²) in [5, 5.41) is 7.39. The number of halogens is 2. The van der Waals surface area contributed by atoms with Crippen LogP contribution in [0.4, 0.5) is 0 Å². The zero-order valence-corrected chi connectivity index (χ0v) is 24.1. The largest absolute Gasteiger partial charge is 0.490 e. The van der Waals surface area contributed by atoms with Crippen LogP contribution in [-0.2, 0) is 11.4 Å². The Labute approximate surface area is 236 Å². The molecule has 3 aromatic carbocycles. The number of carbonyl (C=O) groups excluding carboxylic acids is 2. The van der Waals surface area contributed by atoms with Crippen LogP contribution in [0.25, 0.3) is 0 Å². The molecule has 0 aliphatic rings. The number of nitrogens with one attached hydrogen (secondary N) is 2. The molecule has 200 valence electrons. The second kappa shape index (κ2) is 14.0. The zero-order valence-electron chi connectivity index (χ0n) is 21.8. The number of hydrogen-bond acceptors (Lipinski definition) is 5. The van der Waals surface area contributed by atoms with E-state index >= 15 is 0 Å². The first-order valence-electron chi connectivity index (χ1n) is 12.2. The minimum absolute atomic E-state index is 0.162. The molecule has 9 heteroatoms. The van der Waals surface area contributed by atoms with Gasteiger partial charge in [-0.05, 0) is 83.2 Å². The number of amides is 2. The van der Waals surface area contributed by atoms with Crippen LogP contribution in [0.1, 0.15) is 47.8 Å². The van der Waals surface area contributed by atoms with Gasteiger partial charge in [0, 0.05) is 10.6 Å². The highest BCUT2D eigenvalue weighted by Crippen LogP contribution is 2.37. The minimum Gasteiger partial charge on any atom is -0.490 e. The first-order chi connectivity index (χ1) is 18.2. The lowest BCUT2D eigenvalue weighted by atomic mass is 10.0. The lowest BCUT2D eigenvalue weighted by Gasteiger charge is -2.20. The monoisotopic (exact) mass is 599 g/mol. The maximum Gasteiger partial charge on any atom is 0.262 e. The molecule has 0 heterocycles. The van der Waals surface area contributed by atoms with Gasteiger partial charge in [0.25, 0.3) is 11.8 Å². The molecule has 7 nitrogen and oxygen atoms in total. The van der Waals surface area contributed by atoms with E-state index in [4.69, 9.17) is 21.1 Å². The average molecular weight is 601 g/mol. The van der Waals surface area contributed by atoms with Crippen molar-refractivity contribution in [3.05, 3.63) is 92.4 Å². The minimum atomic E-state index is -0.779. The van der Waals surface area contributed by atoms with Crippen molar-refractivity contribution >= 4 is 45.6 Å². The van der Waals surface area contributed by atoms with Crippen molar-refractivity contribution in [3.63, 3.8) is 0 Å². The summed E-state index contributed by atoms with van der Waals surface area (Å²) in [6.07, 6.45) is 1.51. The van der Waals surface area contributed by atoms with Crippen LogP contribution in [-0.4, -0.2) is 30.7 Å². The summed E-state index contributed by atoms with van der Waals surface area (Å²) in [7, 11) is 0. The van der Waals surface area contributed by atoms with Crippen molar-refractivity contribution < 1.29 is 19.1 Å². The number of carbonyl (C=O) groups is 2. The third-order valence-corrected chi connectivity index (χ3v) is 6.41. The Hall–Kier alpha value is -3.36. The average Bonchev–Trinajstić information content (AvgIpc) is 2.88. The summed E-state index contributed by atoms with van der Waals surface area (Å²) in [4.78, 5) is 25.4. The Morgan fingerprint density at radius 3 is 2.37 bits per heavy atom. The Morgan fingerprint density at radius 2 is 1.74 bits per heavy atom. The number of nitrogens with zero attached hydrogens (tertiary/aromatic N) is 1. The zero-order chi connectivity index (χ0) is 27.7. The standard InChI is InChI=1S/C29H31BrClN3O4/c1-5-37-25-15-21(14-24(30)27(25)38-17-20-8-6-19(4)7-9-20)16-32-34-29(36)26(18(2)3)33-28(35)22-10-12-23(31)13-11-22/h6-16,18,26H,5,17H2,1-4H3,(H,33,35)(H,34,36)/b32-16+. The molecule has 0 aliphatic carbocycles. The molecular weight excluding hydrogens is 570 g/mol. The smallest absolute Gasteiger partial charge is 0.262 e. The highest BCUT2D eigenvalue weighted by Gasteiger charge is 2.24. The van der Waals surface area contributed by atoms with Crippen molar-refractivity contribution in [2.75, 3.05) is 6.61 Å². The van der Waals surface area contributed by atoms with E-state index in [9.17, 15) is 9.59 Å². The van der Waals surface area contributed by atoms with Gasteiger partial charge >= 0.3 is 0 Å². The predicted octanol–water partition coefficient (Wildman–Crippen LogP) is 6.29. The highest BCUT2D eigenvalue weighted by atomic mass is 79.9. The van der Waals surface area contributed by atoms with E-state index in [-0.39, 0.29) is 11.8 Å². The molecular formula is C29H31BrClN3O4. The van der Waals surface area contributed by atoms with Crippen LogP contribution in [0.2, 0.25) is 5.02 Å². The van der Waals surface area contributed by atoms with E-state index in [1.165, 1.54) is 11.8 Å². The molecule has 0 saturated heterocycles. The van der Waals surface area contributed by atoms with E-state index in [1.807, 2.05) is 58.0 Å². The second-order valence-corrected chi connectivity index (χ2v) is 10.3. The van der Waals surface area contributed by atoms with Crippen LogP contribution in [0.3, 0.4) is 0 Å². The van der Waals surface area contributed by atoms with E-state index in [2.05, 4.69) is 31.8 Å². The van der Waals surface area contributed by atoms with Gasteiger partial charge in [0.1, 0.15) is 12.6 Å². The van der Waals surface area contributed by atoms with Crippen molar-refractivity contribution in [3.8, 4) is 11.5 Å². The molecule has 1 atom stereocenters. The van der Waals surface area contributed by atoms with Gasteiger partial charge in [-0.1, -0.05) is 55.3 Å². The van der Waals surface area contributed by atoms with Crippen LogP contribution >= 0.6 is 27.5 Å². The van der Waals surface area contributed by atoms with Gasteiger partial charge in [0.05, 0.1) is 17.3 Å². The predicted molar refractivity (Wildman–Crippen MR) is 154 cm³/mol. The highest BCUT2D eigenvalue weighted by molar-refractivity contribution is 9.10. The molecule has 1 unspecified atom stereocenters. The molecule has 38 heavy (non-hydrogen) atoms. The fourth-order valence-electron chi connectivity index (χ4n) is 3.51. The molecule has 0 radical (unpaired) electrons. The first-order valence-corrected chi connectivity index (χ1v) is 13.4. The SMILES string of the molecule is CCOc1cc(/C=N/NC(=O)C(NC(=O)c2ccc(Cl)cc2)C(C)C)cc(Br)c1OCc1ccc(C)cc1. The Balaban J connectivity index is 1.67. The fraction of sp³-hybridized carbons (Fsp3) is 0.276. The fourth-order valence-corrected chi connectivity index (χ4v) is 4.21. The number of ether oxygens (including phenoxy) is 2. The second-order valence-electron chi connectivity index (χ2n) is 8.97. The van der Waals surface area contributed by atoms with Gasteiger partial charge in [0.2, 0.25) is 0 Å². The molecule has 3 aromatic rings. The molecule has 2 N–H and O–H groups in total. The van der Waals surface area contributed by atoms with Crippen molar-refractivity contribution in [2.45, 2.75) is 40.3 Å². The van der Waals surface area contributed by atoms with Crippen molar-refractivity contribution in [1.29, 1.82) is 0 Å². The van der Waals surface area contributed by atoms with Crippen molar-refractivity contribution in [2.24, 2.45) is 11.0 Å². The van der Waals surface area contributed by atoms with E-state index in [0.717, 1.165) is 5.56 Å². The summed E-state index contributed by atoms with van der Waals surface area (Å²) >= 11 is 9.45. The molecule has 0 saturated carbocycles. The number of benzene rings is 3. The summed E-state index contributed by atoms with van der Waals surface area (Å²) < 4.78 is 12.5. The Kier molecular flexibility index (Phi) is 10.7. The van der Waals surface area contributed by atoms with Crippen LogP contribution in [0, 0.1) is 12.8 Å². The summed E-state index contributed by atoms with van der Waals surface area (Å²) in [5.74, 6) is 0.173. The molecule has 3 rings (SSSR count). The van der Waals surface area contributed by atoms with Gasteiger partial charge in [-0.25, -0.2) is 5.43 Å². The molecule has 2 amide bonds. The first kappa shape index (κ1) is 29.2. The van der Waals surface area contributed by atoms with Crippen LogP contribution in [0.5, 0.6) is 11.5 Å². The van der Waals surface area contributed by atoms with E-state index < -0.39 is 11.9 Å². The number of aryl methyl sites for hydroxylation is 1. The molecule has 0 aliphatic heterocycles. The molecule has 0 spiro atoms. The molecule has 0 aromatic heterocycles. The number of rotatable bonds is 11. The Bertz CT molecular complexity index is 1280. The quantitative estimate of drug-likeness (QED) is 0.200. The van der Waals surface area contributed by atoms with Gasteiger partial charge in [-0.15, -0.1) is 0 Å². The van der Waals surface area contributed by atoms with Crippen molar-refractivity contribution in [1.82, 2.24) is 10.7 Å². The number of hydrazone groups is 1. The maximum atomic E-state index is 12.8. The number of hydrogen-bond donors (Lipinski definition) is 2. The van der Waals surface area contributed by atoms with Gasteiger partial charge < -0.3 is 14.8 Å². The van der Waals surface area contributed by atoms with Gasteiger partial charge in [-0.2, -0.15) is 5.10 Å². The van der Waals surface area contributed by atoms with Gasteiger partial charge in [-0.3, -0.25) is 9.59 Å². The van der Waals surface area contributed by atoms with E-state index in [1.54, 1.807) is 30.3 Å². The topological polar surface area (TPSA) is 89.0 Å². The third-order valence-electron chi connectivity index (χ3n) is 5.57. The Morgan fingerprint density at radius 1 is 1.05 bits per heavy atom. The molecule has 0 bridgehead atoms. The lowest BCUT2D eigenvalue weighted by molar-refractivity contribution is -0.123. The van der Waals surface area contributed by atoms with E-state index in [0.29, 0.717) is 45.3 Å². The summed E-state index contributed by atoms with van der Waals surface area (Å²) in [6, 6.07) is 17.4. The summed E-state index contributed by atoms with van der Waals surface area (Å²) in [6.45, 7) is 8.46. The van der Waals surface area contributed by atoms with Crippen LogP contribution < -0.4 is 20.2 Å².